The van der Waals surface area contributed by atoms with E-state index in [9.17, 15) is 18.0 Å². The van der Waals surface area contributed by atoms with Gasteiger partial charge in [-0.15, -0.1) is 4.83 Å². The van der Waals surface area contributed by atoms with E-state index in [1.54, 1.807) is 13.8 Å². The summed E-state index contributed by atoms with van der Waals surface area (Å²) >= 11 is 0. The van der Waals surface area contributed by atoms with Gasteiger partial charge in [0.1, 0.15) is 22.2 Å². The number of ether oxygens (including phenoxy) is 1. The van der Waals surface area contributed by atoms with Crippen LogP contribution in [-0.2, 0) is 21.2 Å². The molecule has 0 radical (unpaired) electrons. The first-order valence-electron chi connectivity index (χ1n) is 7.42. The predicted octanol–water partition coefficient (Wildman–Crippen LogP) is 1.16. The van der Waals surface area contributed by atoms with Crippen molar-refractivity contribution in [3.05, 3.63) is 46.9 Å². The summed E-state index contributed by atoms with van der Waals surface area (Å²) in [6, 6.07) is 5.45. The van der Waals surface area contributed by atoms with E-state index in [1.165, 1.54) is 31.4 Å². The van der Waals surface area contributed by atoms with Crippen LogP contribution in [-0.4, -0.2) is 32.5 Å². The van der Waals surface area contributed by atoms with Crippen LogP contribution in [0.25, 0.3) is 0 Å². The van der Waals surface area contributed by atoms with Gasteiger partial charge in [-0.25, -0.2) is 8.42 Å². The number of hydrogen-bond donors (Lipinski definition) is 3. The zero-order chi connectivity index (χ0) is 19.5. The number of hydrazine groups is 1. The van der Waals surface area contributed by atoms with Crippen LogP contribution < -0.4 is 15.0 Å². The molecule has 140 valence electrons. The lowest BCUT2D eigenvalue weighted by Gasteiger charge is -2.12. The normalized spacial score (nSPS) is 11.2. The van der Waals surface area contributed by atoms with Crippen LogP contribution >= 0.6 is 0 Å². The van der Waals surface area contributed by atoms with Crippen LogP contribution in [0.3, 0.4) is 0 Å². The van der Waals surface area contributed by atoms with Crippen molar-refractivity contribution in [3.8, 4) is 5.75 Å². The molecule has 2 rings (SSSR count). The molecular formula is C16H18N2O7S. The fourth-order valence-electron chi connectivity index (χ4n) is 2.31. The molecule has 1 heterocycles. The molecule has 0 spiro atoms. The Morgan fingerprint density at radius 3 is 2.46 bits per heavy atom. The third-order valence-corrected chi connectivity index (χ3v) is 4.73. The van der Waals surface area contributed by atoms with Gasteiger partial charge < -0.3 is 14.3 Å². The maximum atomic E-state index is 12.5. The molecule has 10 heteroatoms. The van der Waals surface area contributed by atoms with Crippen molar-refractivity contribution in [1.82, 2.24) is 10.3 Å². The zero-order valence-electron chi connectivity index (χ0n) is 14.3. The van der Waals surface area contributed by atoms with Gasteiger partial charge in [0.2, 0.25) is 0 Å². The van der Waals surface area contributed by atoms with Gasteiger partial charge in [0.15, 0.2) is 0 Å². The molecule has 0 aliphatic heterocycles. The molecule has 0 fully saturated rings. The van der Waals surface area contributed by atoms with Crippen LogP contribution in [0.1, 0.15) is 27.4 Å². The highest BCUT2D eigenvalue weighted by Gasteiger charge is 2.22. The van der Waals surface area contributed by atoms with Crippen LogP contribution in [0.2, 0.25) is 0 Å². The SMILES string of the molecule is COc1ccc(CC(=O)O)cc1S(=O)(=O)NNC(=O)c1cc(C)oc1C. The van der Waals surface area contributed by atoms with Crippen molar-refractivity contribution in [3.63, 3.8) is 0 Å². The Bertz CT molecular complexity index is 948. The van der Waals surface area contributed by atoms with Gasteiger partial charge in [0, 0.05) is 0 Å². The Balaban J connectivity index is 2.25. The minimum atomic E-state index is -4.20. The van der Waals surface area contributed by atoms with Crippen LogP contribution in [0, 0.1) is 13.8 Å². The first kappa shape index (κ1) is 19.5. The summed E-state index contributed by atoms with van der Waals surface area (Å²) in [5, 5.41) is 8.86. The molecule has 2 aromatic rings. The minimum absolute atomic E-state index is 0.0104. The third kappa shape index (κ3) is 4.41. The minimum Gasteiger partial charge on any atom is -0.495 e. The van der Waals surface area contributed by atoms with E-state index in [1.807, 2.05) is 4.83 Å². The molecular weight excluding hydrogens is 364 g/mol. The number of aliphatic carboxylic acids is 1. The van der Waals surface area contributed by atoms with E-state index in [-0.39, 0.29) is 28.2 Å². The average Bonchev–Trinajstić information content (AvgIpc) is 2.90. The molecule has 0 aliphatic rings. The molecule has 0 atom stereocenters. The summed E-state index contributed by atoms with van der Waals surface area (Å²) < 4.78 is 35.2. The second kappa shape index (κ2) is 7.58. The second-order valence-electron chi connectivity index (χ2n) is 5.44. The van der Waals surface area contributed by atoms with E-state index >= 15 is 0 Å². The summed E-state index contributed by atoms with van der Waals surface area (Å²) in [5.41, 5.74) is 2.56. The van der Waals surface area contributed by atoms with E-state index in [0.29, 0.717) is 11.5 Å². The van der Waals surface area contributed by atoms with Crippen LogP contribution in [0.5, 0.6) is 5.75 Å². The first-order chi connectivity index (χ1) is 12.1. The smallest absolute Gasteiger partial charge is 0.307 e. The number of carbonyl (C=O) groups excluding carboxylic acids is 1. The van der Waals surface area contributed by atoms with Crippen molar-refractivity contribution in [2.75, 3.05) is 7.11 Å². The molecule has 26 heavy (non-hydrogen) atoms. The Morgan fingerprint density at radius 2 is 1.92 bits per heavy atom. The van der Waals surface area contributed by atoms with Gasteiger partial charge in [0.05, 0.1) is 19.1 Å². The summed E-state index contributed by atoms with van der Waals surface area (Å²) in [6.07, 6.45) is -0.355. The first-order valence-corrected chi connectivity index (χ1v) is 8.90. The summed E-state index contributed by atoms with van der Waals surface area (Å²) in [5.74, 6) is -0.927. The molecule has 3 N–H and O–H groups in total. The van der Waals surface area contributed by atoms with Crippen molar-refractivity contribution < 1.29 is 32.3 Å². The standard InChI is InChI=1S/C16H18N2O7S/c1-9-6-12(10(2)25-9)16(21)17-18-26(22,23)14-7-11(8-15(19)20)4-5-13(14)24-3/h4-7,18H,8H2,1-3H3,(H,17,21)(H,19,20). The number of hydrogen-bond acceptors (Lipinski definition) is 6. The molecule has 0 unspecified atom stereocenters. The molecule has 1 aromatic heterocycles. The molecule has 0 bridgehead atoms. The highest BCUT2D eigenvalue weighted by Crippen LogP contribution is 2.25. The fraction of sp³-hybridized carbons (Fsp3) is 0.250. The number of nitrogens with one attached hydrogen (secondary N) is 2. The number of rotatable bonds is 7. The lowest BCUT2D eigenvalue weighted by Crippen LogP contribution is -2.41. The summed E-state index contributed by atoms with van der Waals surface area (Å²) in [4.78, 5) is 24.6. The molecule has 0 aliphatic carbocycles. The van der Waals surface area contributed by atoms with E-state index in [4.69, 9.17) is 14.3 Å². The molecule has 1 aromatic carbocycles. The number of methoxy groups -OCH3 is 1. The van der Waals surface area contributed by atoms with Crippen LogP contribution in [0.15, 0.2) is 33.6 Å². The molecule has 9 nitrogen and oxygen atoms in total. The Kier molecular flexibility index (Phi) is 5.68. The van der Waals surface area contributed by atoms with Crippen molar-refractivity contribution >= 4 is 21.9 Å². The summed E-state index contributed by atoms with van der Waals surface area (Å²) in [7, 11) is -2.92. The van der Waals surface area contributed by atoms with E-state index in [2.05, 4.69) is 5.43 Å². The maximum absolute atomic E-state index is 12.5. The number of carbonyl (C=O) groups is 2. The maximum Gasteiger partial charge on any atom is 0.307 e. The van der Waals surface area contributed by atoms with E-state index < -0.39 is 21.9 Å². The molecule has 0 saturated carbocycles. The Morgan fingerprint density at radius 1 is 1.23 bits per heavy atom. The number of furan rings is 1. The van der Waals surface area contributed by atoms with Crippen molar-refractivity contribution in [2.45, 2.75) is 25.2 Å². The van der Waals surface area contributed by atoms with Gasteiger partial charge in [-0.3, -0.25) is 15.0 Å². The lowest BCUT2D eigenvalue weighted by molar-refractivity contribution is -0.136. The second-order valence-corrected chi connectivity index (χ2v) is 7.09. The summed E-state index contributed by atoms with van der Waals surface area (Å²) in [6.45, 7) is 3.24. The average molecular weight is 382 g/mol. The largest absolute Gasteiger partial charge is 0.495 e. The van der Waals surface area contributed by atoms with Gasteiger partial charge in [-0.2, -0.15) is 0 Å². The van der Waals surface area contributed by atoms with Gasteiger partial charge in [0.25, 0.3) is 15.9 Å². The van der Waals surface area contributed by atoms with Crippen molar-refractivity contribution in [1.29, 1.82) is 0 Å². The number of carboxylic acids is 1. The lowest BCUT2D eigenvalue weighted by atomic mass is 10.1. The zero-order valence-corrected chi connectivity index (χ0v) is 15.1. The highest BCUT2D eigenvalue weighted by molar-refractivity contribution is 7.89. The number of amides is 1. The Labute approximate surface area is 150 Å². The highest BCUT2D eigenvalue weighted by atomic mass is 32.2. The fourth-order valence-corrected chi connectivity index (χ4v) is 3.37. The Hall–Kier alpha value is -2.85. The third-order valence-electron chi connectivity index (χ3n) is 3.46. The van der Waals surface area contributed by atoms with Gasteiger partial charge >= 0.3 is 5.97 Å². The van der Waals surface area contributed by atoms with E-state index in [0.717, 1.165) is 0 Å². The molecule has 0 saturated heterocycles. The monoisotopic (exact) mass is 382 g/mol. The number of carboxylic acid groups (broad SMARTS) is 1. The topological polar surface area (TPSA) is 135 Å². The molecule has 1 amide bonds. The quantitative estimate of drug-likeness (QED) is 0.611. The van der Waals surface area contributed by atoms with Gasteiger partial charge in [-0.1, -0.05) is 6.07 Å². The number of aryl methyl sites for hydroxylation is 2. The van der Waals surface area contributed by atoms with Gasteiger partial charge in [-0.05, 0) is 37.6 Å². The van der Waals surface area contributed by atoms with Crippen LogP contribution in [0.4, 0.5) is 0 Å². The number of sulfonamides is 1. The number of benzene rings is 1. The van der Waals surface area contributed by atoms with Crippen molar-refractivity contribution in [2.24, 2.45) is 0 Å². The predicted molar refractivity (Wildman–Crippen MR) is 90.3 cm³/mol.